The first-order valence-corrected chi connectivity index (χ1v) is 7.74. The molecular weight excluding hydrogens is 298 g/mol. The van der Waals surface area contributed by atoms with Crippen molar-refractivity contribution in [3.05, 3.63) is 40.9 Å². The number of hydrogen-bond acceptors (Lipinski definition) is 3. The second kappa shape index (κ2) is 5.21. The highest BCUT2D eigenvalue weighted by Crippen LogP contribution is 2.37. The molecule has 4 nitrogen and oxygen atoms in total. The van der Waals surface area contributed by atoms with Gasteiger partial charge < -0.3 is 5.11 Å². The van der Waals surface area contributed by atoms with E-state index in [0.717, 1.165) is 16.6 Å². The lowest BCUT2D eigenvalue weighted by atomic mass is 9.73. The van der Waals surface area contributed by atoms with Crippen molar-refractivity contribution in [2.45, 2.75) is 33.8 Å². The maximum absolute atomic E-state index is 10.8. The summed E-state index contributed by atoms with van der Waals surface area (Å²) in [6.45, 7) is 8.41. The first kappa shape index (κ1) is 15.3. The fraction of sp³-hybridized carbons (Fsp3) is 0.412. The molecule has 0 saturated carbocycles. The monoisotopic (exact) mass is 317 g/mol. The molecule has 0 radical (unpaired) electrons. The van der Waals surface area contributed by atoms with Crippen LogP contribution in [0, 0.1) is 11.3 Å². The predicted octanol–water partition coefficient (Wildman–Crippen LogP) is 3.91. The van der Waals surface area contributed by atoms with Gasteiger partial charge in [-0.05, 0) is 36.6 Å². The molecule has 0 fully saturated rings. The second-order valence-electron chi connectivity index (χ2n) is 6.94. The van der Waals surface area contributed by atoms with E-state index in [2.05, 4.69) is 37.0 Å². The van der Waals surface area contributed by atoms with Gasteiger partial charge in [0, 0.05) is 10.9 Å². The van der Waals surface area contributed by atoms with E-state index in [0.29, 0.717) is 10.7 Å². The van der Waals surface area contributed by atoms with Crippen molar-refractivity contribution in [3.63, 3.8) is 0 Å². The molecule has 0 aliphatic heterocycles. The molecule has 0 bridgehead atoms. The summed E-state index contributed by atoms with van der Waals surface area (Å²) in [5.74, 6) is 0.0187. The fourth-order valence-electron chi connectivity index (χ4n) is 2.83. The fourth-order valence-corrected chi connectivity index (χ4v) is 2.99. The first-order chi connectivity index (χ1) is 10.3. The number of hydrogen-bond donors (Lipinski definition) is 1. The van der Waals surface area contributed by atoms with Crippen molar-refractivity contribution in [2.75, 3.05) is 0 Å². The molecule has 1 aliphatic carbocycles. The summed E-state index contributed by atoms with van der Waals surface area (Å²) in [6.07, 6.45) is 3.42. The molecule has 1 aliphatic rings. The lowest BCUT2D eigenvalue weighted by Crippen LogP contribution is -2.35. The van der Waals surface area contributed by atoms with Gasteiger partial charge in [-0.15, -0.1) is 10.2 Å². The van der Waals surface area contributed by atoms with Crippen LogP contribution in [0.2, 0.25) is 5.02 Å². The van der Waals surface area contributed by atoms with Gasteiger partial charge in [0.15, 0.2) is 0 Å². The smallest absolute Gasteiger partial charge is 0.115 e. The van der Waals surface area contributed by atoms with Gasteiger partial charge in [-0.2, -0.15) is 4.80 Å². The predicted molar refractivity (Wildman–Crippen MR) is 89.5 cm³/mol. The van der Waals surface area contributed by atoms with Gasteiger partial charge in [-0.25, -0.2) is 0 Å². The third kappa shape index (κ3) is 2.69. The number of benzene rings is 1. The van der Waals surface area contributed by atoms with Crippen LogP contribution >= 0.6 is 11.6 Å². The van der Waals surface area contributed by atoms with Crippen molar-refractivity contribution in [2.24, 2.45) is 11.3 Å². The Kier molecular flexibility index (Phi) is 3.62. The number of nitrogens with zero attached hydrogens (tertiary/aromatic N) is 3. The van der Waals surface area contributed by atoms with Crippen molar-refractivity contribution < 1.29 is 5.11 Å². The number of rotatable bonds is 1. The van der Waals surface area contributed by atoms with Gasteiger partial charge in [0.25, 0.3) is 0 Å². The molecule has 0 spiro atoms. The topological polar surface area (TPSA) is 50.9 Å². The summed E-state index contributed by atoms with van der Waals surface area (Å²) in [4.78, 5) is 1.53. The van der Waals surface area contributed by atoms with Gasteiger partial charge >= 0.3 is 0 Å². The van der Waals surface area contributed by atoms with E-state index < -0.39 is 6.10 Å². The Bertz CT molecular complexity index is 783. The van der Waals surface area contributed by atoms with E-state index in [1.807, 2.05) is 19.1 Å². The molecule has 0 saturated heterocycles. The molecule has 22 heavy (non-hydrogen) atoms. The molecule has 3 rings (SSSR count). The summed E-state index contributed by atoms with van der Waals surface area (Å²) >= 11 is 6.00. The molecule has 5 heteroatoms. The minimum absolute atomic E-state index is 0.0187. The maximum Gasteiger partial charge on any atom is 0.115 e. The van der Waals surface area contributed by atoms with E-state index in [1.165, 1.54) is 4.80 Å². The quantitative estimate of drug-likeness (QED) is 0.867. The molecule has 2 unspecified atom stereocenters. The Labute approximate surface area is 135 Å². The van der Waals surface area contributed by atoms with E-state index >= 15 is 0 Å². The van der Waals surface area contributed by atoms with E-state index in [1.54, 1.807) is 12.1 Å². The van der Waals surface area contributed by atoms with E-state index in [-0.39, 0.29) is 11.3 Å². The lowest BCUT2D eigenvalue weighted by molar-refractivity contribution is 0.108. The van der Waals surface area contributed by atoms with Crippen LogP contribution in [0.3, 0.4) is 0 Å². The SMILES string of the molecule is CC1=CC(C(C)(C)C)C(O)C(n2nc3ccc(Cl)cc3n2)=C1. The Morgan fingerprint density at radius 1 is 1.18 bits per heavy atom. The van der Waals surface area contributed by atoms with Gasteiger partial charge in [0.2, 0.25) is 0 Å². The summed E-state index contributed by atoms with van der Waals surface area (Å²) in [5.41, 5.74) is 3.25. The number of aromatic nitrogens is 3. The average Bonchev–Trinajstić information content (AvgIpc) is 2.82. The molecule has 1 aromatic heterocycles. The van der Waals surface area contributed by atoms with E-state index in [9.17, 15) is 5.11 Å². The lowest BCUT2D eigenvalue weighted by Gasteiger charge is -2.35. The van der Waals surface area contributed by atoms with Crippen molar-refractivity contribution in [1.29, 1.82) is 0 Å². The number of halogens is 1. The standard InChI is InChI=1S/C17H20ClN3O/c1-10-7-12(17(2,3)4)16(22)15(8-10)21-19-13-6-5-11(18)9-14(13)20-21/h5-9,12,16,22H,1-4H3. The third-order valence-corrected chi connectivity index (χ3v) is 4.27. The number of aliphatic hydroxyl groups is 1. The third-order valence-electron chi connectivity index (χ3n) is 4.03. The molecule has 1 N–H and O–H groups in total. The molecule has 1 aromatic carbocycles. The zero-order chi connectivity index (χ0) is 16.1. The Balaban J connectivity index is 2.07. The zero-order valence-corrected chi connectivity index (χ0v) is 14.0. The van der Waals surface area contributed by atoms with Crippen molar-refractivity contribution in [1.82, 2.24) is 15.0 Å². The highest BCUT2D eigenvalue weighted by molar-refractivity contribution is 6.31. The normalized spacial score (nSPS) is 22.6. The second-order valence-corrected chi connectivity index (χ2v) is 7.38. The molecule has 0 amide bonds. The van der Waals surface area contributed by atoms with Gasteiger partial charge in [-0.3, -0.25) is 0 Å². The van der Waals surface area contributed by atoms with Crippen molar-refractivity contribution >= 4 is 28.3 Å². The summed E-state index contributed by atoms with van der Waals surface area (Å²) in [6, 6.07) is 5.40. The van der Waals surface area contributed by atoms with Crippen LogP contribution in [0.25, 0.3) is 16.7 Å². The van der Waals surface area contributed by atoms with Gasteiger partial charge in [0.1, 0.15) is 17.1 Å². The molecular formula is C17H20ClN3O. The number of aliphatic hydroxyl groups excluding tert-OH is 1. The number of fused-ring (bicyclic) bond motifs is 1. The molecule has 116 valence electrons. The summed E-state index contributed by atoms with van der Waals surface area (Å²) in [5, 5.41) is 20.3. The molecule has 2 atom stereocenters. The average molecular weight is 318 g/mol. The first-order valence-electron chi connectivity index (χ1n) is 7.37. The molecule has 2 aromatic rings. The summed E-state index contributed by atoms with van der Waals surface area (Å²) in [7, 11) is 0. The van der Waals surface area contributed by atoms with Crippen LogP contribution in [0.4, 0.5) is 0 Å². The van der Waals surface area contributed by atoms with Crippen LogP contribution < -0.4 is 0 Å². The van der Waals surface area contributed by atoms with Crippen LogP contribution in [0.1, 0.15) is 27.7 Å². The van der Waals surface area contributed by atoms with Crippen molar-refractivity contribution in [3.8, 4) is 0 Å². The largest absolute Gasteiger partial charge is 0.386 e. The van der Waals surface area contributed by atoms with Crippen LogP contribution in [0.5, 0.6) is 0 Å². The van der Waals surface area contributed by atoms with E-state index in [4.69, 9.17) is 11.6 Å². The van der Waals surface area contributed by atoms with Gasteiger partial charge in [-0.1, -0.05) is 44.0 Å². The van der Waals surface area contributed by atoms with Crippen LogP contribution in [-0.4, -0.2) is 26.2 Å². The Morgan fingerprint density at radius 2 is 1.86 bits per heavy atom. The van der Waals surface area contributed by atoms with Gasteiger partial charge in [0.05, 0.1) is 5.70 Å². The number of allylic oxidation sites excluding steroid dienone is 2. The highest BCUT2D eigenvalue weighted by Gasteiger charge is 2.35. The van der Waals surface area contributed by atoms with Crippen LogP contribution in [-0.2, 0) is 0 Å². The summed E-state index contributed by atoms with van der Waals surface area (Å²) < 4.78 is 0. The van der Waals surface area contributed by atoms with Crippen LogP contribution in [0.15, 0.2) is 35.9 Å². The minimum Gasteiger partial charge on any atom is -0.386 e. The minimum atomic E-state index is -0.638. The Morgan fingerprint density at radius 3 is 2.55 bits per heavy atom. The zero-order valence-electron chi connectivity index (χ0n) is 13.2. The molecule has 1 heterocycles. The highest BCUT2D eigenvalue weighted by atomic mass is 35.5. The Hall–Kier alpha value is -1.65. The maximum atomic E-state index is 10.8.